The molecule has 0 aliphatic rings. The van der Waals surface area contributed by atoms with Gasteiger partial charge in [-0.15, -0.1) is 0 Å². The highest BCUT2D eigenvalue weighted by Crippen LogP contribution is 2.08. The van der Waals surface area contributed by atoms with Crippen LogP contribution < -0.4 is 5.32 Å². The Morgan fingerprint density at radius 1 is 1.00 bits per heavy atom. The van der Waals surface area contributed by atoms with Gasteiger partial charge in [0.1, 0.15) is 0 Å². The molecule has 1 rings (SSSR count). The van der Waals surface area contributed by atoms with Gasteiger partial charge in [-0.05, 0) is 38.5 Å². The van der Waals surface area contributed by atoms with Crippen molar-refractivity contribution in [2.24, 2.45) is 0 Å². The molecule has 0 aliphatic heterocycles. The summed E-state index contributed by atoms with van der Waals surface area (Å²) in [5.74, 6) is 0. The molecule has 21 heavy (non-hydrogen) atoms. The van der Waals surface area contributed by atoms with Crippen LogP contribution in [0.3, 0.4) is 0 Å². The number of ether oxygens (including phenoxy) is 2. The van der Waals surface area contributed by atoms with Gasteiger partial charge in [0.15, 0.2) is 0 Å². The molecule has 1 N–H and O–H groups in total. The fourth-order valence-corrected chi connectivity index (χ4v) is 2.12. The summed E-state index contributed by atoms with van der Waals surface area (Å²) in [6, 6.07) is 8.48. The van der Waals surface area contributed by atoms with Gasteiger partial charge in [-0.1, -0.05) is 12.1 Å². The van der Waals surface area contributed by atoms with Gasteiger partial charge in [0.2, 0.25) is 0 Å². The van der Waals surface area contributed by atoms with E-state index >= 15 is 0 Å². The number of rotatable bonds is 12. The highest BCUT2D eigenvalue weighted by atomic mass is 16.5. The molecule has 0 atom stereocenters. The molecule has 0 fully saturated rings. The zero-order valence-corrected chi connectivity index (χ0v) is 13.7. The van der Waals surface area contributed by atoms with E-state index in [1.807, 2.05) is 13.8 Å². The van der Waals surface area contributed by atoms with E-state index in [4.69, 9.17) is 9.47 Å². The van der Waals surface area contributed by atoms with Crippen LogP contribution in [0.2, 0.25) is 0 Å². The van der Waals surface area contributed by atoms with Crippen molar-refractivity contribution >= 4 is 5.69 Å². The van der Waals surface area contributed by atoms with Gasteiger partial charge in [0, 0.05) is 45.1 Å². The van der Waals surface area contributed by atoms with Crippen molar-refractivity contribution < 1.29 is 9.47 Å². The molecule has 0 saturated heterocycles. The zero-order chi connectivity index (χ0) is 15.3. The fraction of sp³-hybridized carbons (Fsp3) is 0.647. The molecule has 4 nitrogen and oxygen atoms in total. The summed E-state index contributed by atoms with van der Waals surface area (Å²) in [5, 5.41) is 3.47. The molecule has 120 valence electrons. The van der Waals surface area contributed by atoms with Gasteiger partial charge >= 0.3 is 0 Å². The molecule has 0 spiro atoms. The minimum atomic E-state index is 0.779. The van der Waals surface area contributed by atoms with Crippen molar-refractivity contribution in [3.8, 4) is 0 Å². The third-order valence-electron chi connectivity index (χ3n) is 3.29. The average molecular weight is 294 g/mol. The van der Waals surface area contributed by atoms with Crippen LogP contribution in [0, 0.1) is 6.92 Å². The van der Waals surface area contributed by atoms with Crippen LogP contribution in [0.1, 0.15) is 19.4 Å². The molecule has 1 aromatic carbocycles. The lowest BCUT2D eigenvalue weighted by molar-refractivity contribution is 0.0846. The first-order valence-corrected chi connectivity index (χ1v) is 7.94. The van der Waals surface area contributed by atoms with Gasteiger partial charge in [0.05, 0.1) is 13.2 Å². The van der Waals surface area contributed by atoms with Crippen molar-refractivity contribution in [3.05, 3.63) is 29.8 Å². The van der Waals surface area contributed by atoms with E-state index in [1.165, 1.54) is 11.3 Å². The minimum absolute atomic E-state index is 0.779. The molecule has 0 amide bonds. The van der Waals surface area contributed by atoms with Crippen LogP contribution in [-0.4, -0.2) is 57.5 Å². The van der Waals surface area contributed by atoms with Crippen LogP contribution in [0.15, 0.2) is 24.3 Å². The number of nitrogens with one attached hydrogen (secondary N) is 1. The summed E-state index contributed by atoms with van der Waals surface area (Å²) in [6.07, 6.45) is 0. The van der Waals surface area contributed by atoms with Crippen molar-refractivity contribution in [2.45, 2.75) is 20.8 Å². The van der Waals surface area contributed by atoms with Gasteiger partial charge in [-0.2, -0.15) is 0 Å². The molecule has 0 unspecified atom stereocenters. The molecule has 0 aliphatic carbocycles. The molecule has 0 radical (unpaired) electrons. The largest absolute Gasteiger partial charge is 0.384 e. The maximum absolute atomic E-state index is 5.45. The van der Waals surface area contributed by atoms with E-state index in [0.29, 0.717) is 0 Å². The molecule has 1 aromatic rings. The predicted octanol–water partition coefficient (Wildman–Crippen LogP) is 2.78. The first-order valence-electron chi connectivity index (χ1n) is 7.94. The number of nitrogens with zero attached hydrogens (tertiary/aromatic N) is 1. The van der Waals surface area contributed by atoms with E-state index in [9.17, 15) is 0 Å². The number of anilines is 1. The highest BCUT2D eigenvalue weighted by Gasteiger charge is 2.04. The normalized spacial score (nSPS) is 11.0. The Balaban J connectivity index is 2.29. The molecule has 0 saturated carbocycles. The van der Waals surface area contributed by atoms with Crippen molar-refractivity contribution in [3.63, 3.8) is 0 Å². The van der Waals surface area contributed by atoms with Crippen molar-refractivity contribution in [2.75, 3.05) is 57.9 Å². The Morgan fingerprint density at radius 2 is 1.67 bits per heavy atom. The summed E-state index contributed by atoms with van der Waals surface area (Å²) >= 11 is 0. The second-order valence-electron chi connectivity index (χ2n) is 5.03. The number of aryl methyl sites for hydroxylation is 1. The highest BCUT2D eigenvalue weighted by molar-refractivity contribution is 5.45. The standard InChI is InChI=1S/C17H30N2O2/c1-4-20-13-11-19(12-14-21-5-2)10-9-18-17-8-6-7-16(3)15-17/h6-8,15,18H,4-5,9-14H2,1-3H3. The third kappa shape index (κ3) is 8.71. The van der Waals surface area contributed by atoms with Gasteiger partial charge in [0.25, 0.3) is 0 Å². The maximum Gasteiger partial charge on any atom is 0.0593 e. The monoisotopic (exact) mass is 294 g/mol. The number of benzene rings is 1. The Kier molecular flexibility index (Phi) is 9.87. The van der Waals surface area contributed by atoms with Crippen LogP contribution in [0.5, 0.6) is 0 Å². The molecule has 0 bridgehead atoms. The first kappa shape index (κ1) is 18.0. The smallest absolute Gasteiger partial charge is 0.0593 e. The Hall–Kier alpha value is -1.10. The maximum atomic E-state index is 5.45. The van der Waals surface area contributed by atoms with E-state index in [2.05, 4.69) is 41.4 Å². The molecule has 0 heterocycles. The molecule has 0 aromatic heterocycles. The van der Waals surface area contributed by atoms with E-state index < -0.39 is 0 Å². The predicted molar refractivity (Wildman–Crippen MR) is 89.1 cm³/mol. The van der Waals surface area contributed by atoms with Gasteiger partial charge in [-0.3, -0.25) is 4.90 Å². The summed E-state index contributed by atoms with van der Waals surface area (Å²) in [6.45, 7) is 13.1. The summed E-state index contributed by atoms with van der Waals surface area (Å²) in [4.78, 5) is 2.38. The fourth-order valence-electron chi connectivity index (χ4n) is 2.12. The zero-order valence-electron chi connectivity index (χ0n) is 13.7. The van der Waals surface area contributed by atoms with Crippen molar-refractivity contribution in [1.29, 1.82) is 0 Å². The quantitative estimate of drug-likeness (QED) is 0.601. The van der Waals surface area contributed by atoms with Crippen LogP contribution in [0.4, 0.5) is 5.69 Å². The summed E-state index contributed by atoms with van der Waals surface area (Å²) in [7, 11) is 0. The molecule has 4 heteroatoms. The Labute approximate surface area is 129 Å². The molecular weight excluding hydrogens is 264 g/mol. The Bertz CT molecular complexity index is 362. The van der Waals surface area contributed by atoms with Crippen LogP contribution >= 0.6 is 0 Å². The molecular formula is C17H30N2O2. The summed E-state index contributed by atoms with van der Waals surface area (Å²) < 4.78 is 10.9. The van der Waals surface area contributed by atoms with Crippen LogP contribution in [-0.2, 0) is 9.47 Å². The van der Waals surface area contributed by atoms with E-state index in [1.54, 1.807) is 0 Å². The number of hydrogen-bond donors (Lipinski definition) is 1. The lowest BCUT2D eigenvalue weighted by Crippen LogP contribution is -2.35. The summed E-state index contributed by atoms with van der Waals surface area (Å²) in [5.41, 5.74) is 2.47. The van der Waals surface area contributed by atoms with Crippen LogP contribution in [0.25, 0.3) is 0 Å². The van der Waals surface area contributed by atoms with Crippen molar-refractivity contribution in [1.82, 2.24) is 4.90 Å². The first-order chi connectivity index (χ1) is 10.3. The lowest BCUT2D eigenvalue weighted by atomic mass is 10.2. The SMILES string of the molecule is CCOCCN(CCNc1cccc(C)c1)CCOCC. The minimum Gasteiger partial charge on any atom is -0.384 e. The Morgan fingerprint density at radius 3 is 2.24 bits per heavy atom. The number of hydrogen-bond acceptors (Lipinski definition) is 4. The van der Waals surface area contributed by atoms with E-state index in [0.717, 1.165) is 52.6 Å². The second-order valence-corrected chi connectivity index (χ2v) is 5.03. The topological polar surface area (TPSA) is 33.7 Å². The van der Waals surface area contributed by atoms with Gasteiger partial charge < -0.3 is 14.8 Å². The van der Waals surface area contributed by atoms with Gasteiger partial charge in [-0.25, -0.2) is 0 Å². The average Bonchev–Trinajstić information content (AvgIpc) is 2.47. The lowest BCUT2D eigenvalue weighted by Gasteiger charge is -2.22. The van der Waals surface area contributed by atoms with E-state index in [-0.39, 0.29) is 0 Å². The third-order valence-corrected chi connectivity index (χ3v) is 3.29. The second kappa shape index (κ2) is 11.5.